The number of aliphatic hydroxyl groups excluding tert-OH is 1. The molecule has 0 saturated carbocycles. The maximum absolute atomic E-state index is 12.8. The van der Waals surface area contributed by atoms with Crippen molar-refractivity contribution in [3.05, 3.63) is 65.2 Å². The van der Waals surface area contributed by atoms with Gasteiger partial charge in [0.05, 0.1) is 24.1 Å². The summed E-state index contributed by atoms with van der Waals surface area (Å²) in [6, 6.07) is 10.5. The van der Waals surface area contributed by atoms with E-state index in [0.717, 1.165) is 12.1 Å². The molecule has 0 unspecified atom stereocenters. The Morgan fingerprint density at radius 2 is 1.68 bits per heavy atom. The molecular formula is C20H21F3N2O3. The van der Waals surface area contributed by atoms with Crippen LogP contribution in [0.5, 0.6) is 0 Å². The van der Waals surface area contributed by atoms with E-state index in [1.165, 1.54) is 12.1 Å². The van der Waals surface area contributed by atoms with E-state index in [0.29, 0.717) is 11.3 Å². The lowest BCUT2D eigenvalue weighted by atomic mass is 10.1. The molecule has 0 spiro atoms. The second-order valence-corrected chi connectivity index (χ2v) is 7.00. The standard InChI is InChI=1S/C20H21F3N2O3/c1-19(2,12-26)25-17(27)10-13-6-8-16(9-7-13)24-18(28)14-4-3-5-15(11-14)20(21,22)23/h3-9,11,26H,10,12H2,1-2H3,(H,24,28)(H,25,27). The smallest absolute Gasteiger partial charge is 0.394 e. The van der Waals surface area contributed by atoms with Crippen molar-refractivity contribution in [2.75, 3.05) is 11.9 Å². The molecule has 0 fully saturated rings. The molecule has 3 N–H and O–H groups in total. The molecular weight excluding hydrogens is 373 g/mol. The highest BCUT2D eigenvalue weighted by Crippen LogP contribution is 2.29. The molecule has 0 atom stereocenters. The first-order valence-electron chi connectivity index (χ1n) is 8.49. The summed E-state index contributed by atoms with van der Waals surface area (Å²) in [6.07, 6.45) is -4.44. The molecule has 0 heterocycles. The van der Waals surface area contributed by atoms with Gasteiger partial charge in [-0.05, 0) is 49.7 Å². The molecule has 0 aliphatic carbocycles. The Bertz CT molecular complexity index is 847. The monoisotopic (exact) mass is 394 g/mol. The zero-order chi connectivity index (χ0) is 20.9. The van der Waals surface area contributed by atoms with Gasteiger partial charge < -0.3 is 15.7 Å². The van der Waals surface area contributed by atoms with Crippen LogP contribution in [-0.2, 0) is 17.4 Å². The molecule has 0 aliphatic rings. The predicted octanol–water partition coefficient (Wildman–Crippen LogP) is 3.39. The molecule has 0 radical (unpaired) electrons. The van der Waals surface area contributed by atoms with E-state index >= 15 is 0 Å². The van der Waals surface area contributed by atoms with Crippen molar-refractivity contribution in [1.82, 2.24) is 5.32 Å². The second-order valence-electron chi connectivity index (χ2n) is 7.00. The second kappa shape index (κ2) is 8.43. The summed E-state index contributed by atoms with van der Waals surface area (Å²) in [5.41, 5.74) is -0.655. The van der Waals surface area contributed by atoms with E-state index in [4.69, 9.17) is 5.11 Å². The number of benzene rings is 2. The number of aliphatic hydroxyl groups is 1. The number of rotatable bonds is 6. The van der Waals surface area contributed by atoms with Gasteiger partial charge in [-0.25, -0.2) is 0 Å². The fraction of sp³-hybridized carbons (Fsp3) is 0.300. The first-order valence-corrected chi connectivity index (χ1v) is 8.49. The Morgan fingerprint density at radius 3 is 2.25 bits per heavy atom. The minimum Gasteiger partial charge on any atom is -0.394 e. The Morgan fingerprint density at radius 1 is 1.04 bits per heavy atom. The van der Waals surface area contributed by atoms with Gasteiger partial charge in [0.2, 0.25) is 5.91 Å². The van der Waals surface area contributed by atoms with Crippen LogP contribution in [0.15, 0.2) is 48.5 Å². The van der Waals surface area contributed by atoms with Crippen molar-refractivity contribution >= 4 is 17.5 Å². The molecule has 0 bridgehead atoms. The number of halogens is 3. The lowest BCUT2D eigenvalue weighted by Gasteiger charge is -2.23. The van der Waals surface area contributed by atoms with Crippen LogP contribution in [0, 0.1) is 0 Å². The van der Waals surface area contributed by atoms with Crippen LogP contribution in [0.2, 0.25) is 0 Å². The molecule has 2 aromatic carbocycles. The van der Waals surface area contributed by atoms with Crippen LogP contribution < -0.4 is 10.6 Å². The fourth-order valence-corrected chi connectivity index (χ4v) is 2.39. The summed E-state index contributed by atoms with van der Waals surface area (Å²) in [7, 11) is 0. The Labute approximate surface area is 160 Å². The number of amides is 2. The van der Waals surface area contributed by atoms with Gasteiger partial charge in [0.15, 0.2) is 0 Å². The Hall–Kier alpha value is -2.87. The first kappa shape index (κ1) is 21.4. The first-order chi connectivity index (χ1) is 13.0. The summed E-state index contributed by atoms with van der Waals surface area (Å²) in [6.45, 7) is 3.19. The van der Waals surface area contributed by atoms with Gasteiger partial charge in [-0.1, -0.05) is 18.2 Å². The zero-order valence-electron chi connectivity index (χ0n) is 15.4. The number of carbonyl (C=O) groups is 2. The van der Waals surface area contributed by atoms with Crippen molar-refractivity contribution in [2.45, 2.75) is 32.0 Å². The average Bonchev–Trinajstić information content (AvgIpc) is 2.62. The van der Waals surface area contributed by atoms with Gasteiger partial charge in [0.1, 0.15) is 0 Å². The molecule has 2 amide bonds. The van der Waals surface area contributed by atoms with Crippen molar-refractivity contribution in [2.24, 2.45) is 0 Å². The molecule has 0 saturated heterocycles. The van der Waals surface area contributed by atoms with Gasteiger partial charge in [0.25, 0.3) is 5.91 Å². The summed E-state index contributed by atoms with van der Waals surface area (Å²) in [5, 5.41) is 14.4. The summed E-state index contributed by atoms with van der Waals surface area (Å²) in [4.78, 5) is 24.1. The molecule has 0 aliphatic heterocycles. The quantitative estimate of drug-likeness (QED) is 0.703. The van der Waals surface area contributed by atoms with Crippen molar-refractivity contribution in [3.63, 3.8) is 0 Å². The molecule has 0 aromatic heterocycles. The number of hydrogen-bond donors (Lipinski definition) is 3. The van der Waals surface area contributed by atoms with E-state index in [1.807, 2.05) is 0 Å². The molecule has 8 heteroatoms. The lowest BCUT2D eigenvalue weighted by Crippen LogP contribution is -2.46. The maximum atomic E-state index is 12.8. The fourth-order valence-electron chi connectivity index (χ4n) is 2.39. The maximum Gasteiger partial charge on any atom is 0.416 e. The van der Waals surface area contributed by atoms with Crippen LogP contribution in [0.3, 0.4) is 0 Å². The van der Waals surface area contributed by atoms with Crippen LogP contribution in [0.1, 0.15) is 35.3 Å². The Kier molecular flexibility index (Phi) is 6.45. The summed E-state index contributed by atoms with van der Waals surface area (Å²) < 4.78 is 38.3. The number of nitrogens with one attached hydrogen (secondary N) is 2. The van der Waals surface area contributed by atoms with E-state index in [9.17, 15) is 22.8 Å². The number of carbonyl (C=O) groups excluding carboxylic acids is 2. The highest BCUT2D eigenvalue weighted by atomic mass is 19.4. The van der Waals surface area contributed by atoms with Crippen LogP contribution in [0.4, 0.5) is 18.9 Å². The number of alkyl halides is 3. The molecule has 2 aromatic rings. The highest BCUT2D eigenvalue weighted by molar-refractivity contribution is 6.04. The third-order valence-corrected chi connectivity index (χ3v) is 3.90. The SMILES string of the molecule is CC(C)(CO)NC(=O)Cc1ccc(NC(=O)c2cccc(C(F)(F)F)c2)cc1. The van der Waals surface area contributed by atoms with E-state index < -0.39 is 23.2 Å². The van der Waals surface area contributed by atoms with Crippen LogP contribution in [-0.4, -0.2) is 29.1 Å². The van der Waals surface area contributed by atoms with Gasteiger partial charge in [-0.2, -0.15) is 13.2 Å². The largest absolute Gasteiger partial charge is 0.416 e. The third kappa shape index (κ3) is 6.09. The molecule has 28 heavy (non-hydrogen) atoms. The van der Waals surface area contributed by atoms with E-state index in [-0.39, 0.29) is 24.5 Å². The zero-order valence-corrected chi connectivity index (χ0v) is 15.4. The van der Waals surface area contributed by atoms with Crippen LogP contribution in [0.25, 0.3) is 0 Å². The van der Waals surface area contributed by atoms with Gasteiger partial charge in [-0.15, -0.1) is 0 Å². The van der Waals surface area contributed by atoms with Crippen molar-refractivity contribution in [1.29, 1.82) is 0 Å². The predicted molar refractivity (Wildman–Crippen MR) is 98.9 cm³/mol. The number of hydrogen-bond acceptors (Lipinski definition) is 3. The topological polar surface area (TPSA) is 78.4 Å². The minimum atomic E-state index is -4.52. The summed E-state index contributed by atoms with van der Waals surface area (Å²) >= 11 is 0. The average molecular weight is 394 g/mol. The molecule has 2 rings (SSSR count). The van der Waals surface area contributed by atoms with Crippen LogP contribution >= 0.6 is 0 Å². The highest BCUT2D eigenvalue weighted by Gasteiger charge is 2.30. The van der Waals surface area contributed by atoms with Gasteiger partial charge in [0, 0.05) is 11.3 Å². The molecule has 5 nitrogen and oxygen atoms in total. The number of anilines is 1. The normalized spacial score (nSPS) is 11.8. The van der Waals surface area contributed by atoms with Gasteiger partial charge >= 0.3 is 6.18 Å². The lowest BCUT2D eigenvalue weighted by molar-refractivity contribution is -0.137. The van der Waals surface area contributed by atoms with E-state index in [1.54, 1.807) is 38.1 Å². The molecule has 150 valence electrons. The van der Waals surface area contributed by atoms with Crippen molar-refractivity contribution in [3.8, 4) is 0 Å². The Balaban J connectivity index is 2.01. The van der Waals surface area contributed by atoms with Crippen molar-refractivity contribution < 1.29 is 27.9 Å². The third-order valence-electron chi connectivity index (χ3n) is 3.90. The van der Waals surface area contributed by atoms with Gasteiger partial charge in [-0.3, -0.25) is 9.59 Å². The summed E-state index contributed by atoms with van der Waals surface area (Å²) in [5.74, 6) is -0.930. The van der Waals surface area contributed by atoms with E-state index in [2.05, 4.69) is 10.6 Å². The minimum absolute atomic E-state index is 0.0886.